The Morgan fingerprint density at radius 2 is 1.71 bits per heavy atom. The first-order valence-corrected chi connectivity index (χ1v) is 11.9. The molecule has 1 unspecified atom stereocenters. The minimum Gasteiger partial charge on any atom is -0.507 e. The number of nitrogens with zero attached hydrogens (tertiary/aromatic N) is 1. The number of amides is 1. The molecule has 1 heterocycles. The topological polar surface area (TPSA) is 66.8 Å². The number of halogens is 2. The van der Waals surface area contributed by atoms with Gasteiger partial charge in [0, 0.05) is 10.7 Å². The first-order valence-electron chi connectivity index (χ1n) is 11.1. The van der Waals surface area contributed by atoms with Gasteiger partial charge in [0.1, 0.15) is 11.5 Å². The predicted molar refractivity (Wildman–Crippen MR) is 140 cm³/mol. The molecule has 4 rings (SSSR count). The van der Waals surface area contributed by atoms with Crippen LogP contribution in [0.4, 0.5) is 5.69 Å². The van der Waals surface area contributed by atoms with E-state index in [0.717, 1.165) is 11.1 Å². The molecule has 1 atom stereocenters. The van der Waals surface area contributed by atoms with Crippen molar-refractivity contribution in [3.63, 3.8) is 0 Å². The molecular formula is C28H25Cl2NO4. The molecule has 35 heavy (non-hydrogen) atoms. The van der Waals surface area contributed by atoms with Crippen molar-refractivity contribution in [3.8, 4) is 5.75 Å². The number of Topliss-reactive ketones (excluding diaryl/α,β-unsaturated/α-hetero) is 1. The number of ether oxygens (including phenoxy) is 1. The zero-order valence-electron chi connectivity index (χ0n) is 19.8. The molecule has 0 aromatic heterocycles. The number of ketones is 1. The van der Waals surface area contributed by atoms with Crippen LogP contribution in [-0.4, -0.2) is 23.9 Å². The molecule has 0 saturated carbocycles. The highest BCUT2D eigenvalue weighted by Gasteiger charge is 2.47. The molecule has 0 aliphatic carbocycles. The number of methoxy groups -OCH3 is 1. The van der Waals surface area contributed by atoms with E-state index in [9.17, 15) is 14.7 Å². The van der Waals surface area contributed by atoms with Gasteiger partial charge < -0.3 is 9.84 Å². The average molecular weight is 510 g/mol. The normalized spacial score (nSPS) is 17.3. The second-order valence-corrected chi connectivity index (χ2v) is 9.64. The Bertz CT molecular complexity index is 1350. The van der Waals surface area contributed by atoms with E-state index in [1.165, 1.54) is 24.1 Å². The summed E-state index contributed by atoms with van der Waals surface area (Å²) in [5.41, 5.74) is 3.37. The van der Waals surface area contributed by atoms with Crippen LogP contribution < -0.4 is 9.64 Å². The van der Waals surface area contributed by atoms with Gasteiger partial charge >= 0.3 is 0 Å². The molecule has 7 heteroatoms. The molecular weight excluding hydrogens is 485 g/mol. The van der Waals surface area contributed by atoms with Crippen molar-refractivity contribution in [2.24, 2.45) is 0 Å². The Hall–Kier alpha value is -3.28. The molecule has 1 aliphatic rings. The summed E-state index contributed by atoms with van der Waals surface area (Å²) in [6, 6.07) is 17.1. The summed E-state index contributed by atoms with van der Waals surface area (Å²) in [6.07, 6.45) is 0. The lowest BCUT2D eigenvalue weighted by atomic mass is 9.94. The van der Waals surface area contributed by atoms with Gasteiger partial charge in [-0.15, -0.1) is 0 Å². The zero-order valence-corrected chi connectivity index (χ0v) is 21.3. The standard InChI is InChI=1S/C28H25Cl2NO4/c1-15(2)17-8-10-20(11-9-17)31-24(18-7-5-6-16(3)12-18)23(26(33)28(31)34)25(32)21-13-19(29)14-22(30)27(21)35-4/h5-15,24,32H,1-4H3/b25-23+. The van der Waals surface area contributed by atoms with Crippen molar-refractivity contribution >= 4 is 46.3 Å². The fourth-order valence-electron chi connectivity index (χ4n) is 4.36. The number of benzene rings is 3. The van der Waals surface area contributed by atoms with Crippen LogP contribution in [0.1, 0.15) is 48.1 Å². The largest absolute Gasteiger partial charge is 0.507 e. The Morgan fingerprint density at radius 1 is 1.03 bits per heavy atom. The predicted octanol–water partition coefficient (Wildman–Crippen LogP) is 7.06. The van der Waals surface area contributed by atoms with E-state index in [4.69, 9.17) is 27.9 Å². The van der Waals surface area contributed by atoms with Crippen molar-refractivity contribution in [1.29, 1.82) is 0 Å². The van der Waals surface area contributed by atoms with E-state index >= 15 is 0 Å². The molecule has 5 nitrogen and oxygen atoms in total. The maximum atomic E-state index is 13.4. The molecule has 1 N–H and O–H groups in total. The number of carbonyl (C=O) groups excluding carboxylic acids is 2. The highest BCUT2D eigenvalue weighted by atomic mass is 35.5. The monoisotopic (exact) mass is 509 g/mol. The summed E-state index contributed by atoms with van der Waals surface area (Å²) in [6.45, 7) is 6.09. The van der Waals surface area contributed by atoms with Crippen LogP contribution in [0.5, 0.6) is 5.75 Å². The quantitative estimate of drug-likeness (QED) is 0.227. The van der Waals surface area contributed by atoms with Gasteiger partial charge in [-0.25, -0.2) is 0 Å². The van der Waals surface area contributed by atoms with Crippen molar-refractivity contribution in [1.82, 2.24) is 0 Å². The smallest absolute Gasteiger partial charge is 0.300 e. The number of carbonyl (C=O) groups is 2. The first-order chi connectivity index (χ1) is 16.6. The molecule has 1 aliphatic heterocycles. The molecule has 1 amide bonds. The van der Waals surface area contributed by atoms with E-state index in [1.54, 1.807) is 0 Å². The van der Waals surface area contributed by atoms with Gasteiger partial charge in [-0.05, 0) is 48.2 Å². The number of hydrogen-bond acceptors (Lipinski definition) is 4. The Kier molecular flexibility index (Phi) is 6.93. The maximum absolute atomic E-state index is 13.4. The minimum atomic E-state index is -0.859. The molecule has 0 spiro atoms. The van der Waals surface area contributed by atoms with E-state index < -0.39 is 23.5 Å². The first kappa shape index (κ1) is 24.8. The summed E-state index contributed by atoms with van der Waals surface area (Å²) in [4.78, 5) is 28.2. The van der Waals surface area contributed by atoms with E-state index in [0.29, 0.717) is 17.2 Å². The lowest BCUT2D eigenvalue weighted by Crippen LogP contribution is -2.29. The molecule has 1 fully saturated rings. The highest BCUT2D eigenvalue weighted by molar-refractivity contribution is 6.52. The van der Waals surface area contributed by atoms with Gasteiger partial charge in [-0.2, -0.15) is 0 Å². The number of anilines is 1. The van der Waals surface area contributed by atoms with Crippen molar-refractivity contribution in [2.45, 2.75) is 32.7 Å². The molecule has 0 radical (unpaired) electrons. The summed E-state index contributed by atoms with van der Waals surface area (Å²) in [7, 11) is 1.40. The van der Waals surface area contributed by atoms with Gasteiger partial charge in [-0.1, -0.05) is 79.0 Å². The summed E-state index contributed by atoms with van der Waals surface area (Å²) in [5, 5.41) is 11.9. The van der Waals surface area contributed by atoms with Crippen LogP contribution in [0.2, 0.25) is 10.0 Å². The third-order valence-corrected chi connectivity index (χ3v) is 6.61. The zero-order chi connectivity index (χ0) is 25.4. The van der Waals surface area contributed by atoms with Crippen molar-refractivity contribution < 1.29 is 19.4 Å². The van der Waals surface area contributed by atoms with Crippen LogP contribution in [0.15, 0.2) is 66.2 Å². The summed E-state index contributed by atoms with van der Waals surface area (Å²) >= 11 is 12.5. The number of aryl methyl sites for hydroxylation is 1. The lowest BCUT2D eigenvalue weighted by Gasteiger charge is -2.26. The third kappa shape index (κ3) is 4.54. The van der Waals surface area contributed by atoms with E-state index in [2.05, 4.69) is 13.8 Å². The highest BCUT2D eigenvalue weighted by Crippen LogP contribution is 2.45. The second-order valence-electron chi connectivity index (χ2n) is 8.80. The number of hydrogen-bond donors (Lipinski definition) is 1. The Morgan fingerprint density at radius 3 is 2.31 bits per heavy atom. The fourth-order valence-corrected chi connectivity index (χ4v) is 4.93. The van der Waals surface area contributed by atoms with Crippen LogP contribution in [-0.2, 0) is 9.59 Å². The lowest BCUT2D eigenvalue weighted by molar-refractivity contribution is -0.132. The van der Waals surface area contributed by atoms with E-state index in [1.807, 2.05) is 55.5 Å². The average Bonchev–Trinajstić information content (AvgIpc) is 3.08. The summed E-state index contributed by atoms with van der Waals surface area (Å²) < 4.78 is 5.39. The molecule has 0 bridgehead atoms. The Labute approximate surface area is 214 Å². The molecule has 3 aromatic rings. The minimum absolute atomic E-state index is 0.0647. The number of aliphatic hydroxyl groups excluding tert-OH is 1. The van der Waals surface area contributed by atoms with Crippen molar-refractivity contribution in [3.05, 3.63) is 98.5 Å². The van der Waals surface area contributed by atoms with Gasteiger partial charge in [0.2, 0.25) is 0 Å². The van der Waals surface area contributed by atoms with E-state index in [-0.39, 0.29) is 26.9 Å². The van der Waals surface area contributed by atoms with Crippen LogP contribution >= 0.6 is 23.2 Å². The van der Waals surface area contributed by atoms with Crippen LogP contribution in [0.25, 0.3) is 5.76 Å². The van der Waals surface area contributed by atoms with Crippen molar-refractivity contribution in [2.75, 3.05) is 12.0 Å². The maximum Gasteiger partial charge on any atom is 0.300 e. The Balaban J connectivity index is 1.98. The van der Waals surface area contributed by atoms with Crippen LogP contribution in [0, 0.1) is 6.92 Å². The summed E-state index contributed by atoms with van der Waals surface area (Å²) in [5.74, 6) is -1.48. The number of aliphatic hydroxyl groups is 1. The fraction of sp³-hybridized carbons (Fsp3) is 0.214. The van der Waals surface area contributed by atoms with Crippen LogP contribution in [0.3, 0.4) is 0 Å². The molecule has 1 saturated heterocycles. The van der Waals surface area contributed by atoms with Gasteiger partial charge in [0.05, 0.1) is 29.3 Å². The molecule has 180 valence electrons. The third-order valence-electron chi connectivity index (χ3n) is 6.11. The van der Waals surface area contributed by atoms with Gasteiger partial charge in [0.15, 0.2) is 0 Å². The SMILES string of the molecule is COc1c(Cl)cc(Cl)cc1/C(O)=C1\C(=O)C(=O)N(c2ccc(C(C)C)cc2)C1c1cccc(C)c1. The number of rotatable bonds is 5. The van der Waals surface area contributed by atoms with Gasteiger partial charge in [-0.3, -0.25) is 14.5 Å². The molecule has 3 aromatic carbocycles. The van der Waals surface area contributed by atoms with Gasteiger partial charge in [0.25, 0.3) is 11.7 Å². The second kappa shape index (κ2) is 9.76.